The Morgan fingerprint density at radius 3 is 2.21 bits per heavy atom. The highest BCUT2D eigenvalue weighted by atomic mass is 16.6. The van der Waals surface area contributed by atoms with Crippen molar-refractivity contribution in [2.24, 2.45) is 11.3 Å². The monoisotopic (exact) mass is 271 g/mol. The van der Waals surface area contributed by atoms with E-state index >= 15 is 0 Å². The molecule has 0 radical (unpaired) electrons. The Labute approximate surface area is 114 Å². The van der Waals surface area contributed by atoms with E-state index in [1.165, 1.54) is 0 Å². The summed E-state index contributed by atoms with van der Waals surface area (Å²) < 4.78 is 5.36. The van der Waals surface area contributed by atoms with Crippen LogP contribution in [0.5, 0.6) is 0 Å². The van der Waals surface area contributed by atoms with Crippen LogP contribution >= 0.6 is 0 Å². The maximum absolute atomic E-state index is 11.9. The molecule has 2 rings (SSSR count). The maximum Gasteiger partial charge on any atom is 0.410 e. The molecule has 0 aromatic rings. The minimum absolute atomic E-state index is 0.0214. The number of amides is 1. The molecule has 0 aromatic heterocycles. The van der Waals surface area contributed by atoms with Crippen LogP contribution in [-0.2, 0) is 4.74 Å². The standard InChI is InChI=1S/C14H25NO4/c1-13(2,3)19-12(18)15-6-4-14(5-7-15)8-10(9-14)11(16)17/h10-11,16-17H,4-9H2,1-3H3. The second-order valence-electron chi connectivity index (χ2n) is 7.05. The van der Waals surface area contributed by atoms with Gasteiger partial charge in [-0.3, -0.25) is 0 Å². The quantitative estimate of drug-likeness (QED) is 0.713. The molecule has 5 nitrogen and oxygen atoms in total. The Morgan fingerprint density at radius 1 is 1.26 bits per heavy atom. The number of carbonyl (C=O) groups is 1. The fraction of sp³-hybridized carbons (Fsp3) is 0.929. The summed E-state index contributed by atoms with van der Waals surface area (Å²) in [7, 11) is 0. The highest BCUT2D eigenvalue weighted by molar-refractivity contribution is 5.68. The van der Waals surface area contributed by atoms with Crippen molar-refractivity contribution in [3.05, 3.63) is 0 Å². The zero-order valence-corrected chi connectivity index (χ0v) is 12.1. The van der Waals surface area contributed by atoms with Gasteiger partial charge in [0.15, 0.2) is 6.29 Å². The van der Waals surface area contributed by atoms with E-state index in [-0.39, 0.29) is 17.4 Å². The van der Waals surface area contributed by atoms with Crippen LogP contribution in [0.2, 0.25) is 0 Å². The molecule has 1 aliphatic carbocycles. The first-order valence-corrected chi connectivity index (χ1v) is 7.05. The van der Waals surface area contributed by atoms with Crippen LogP contribution in [0, 0.1) is 11.3 Å². The molecule has 1 amide bonds. The lowest BCUT2D eigenvalue weighted by molar-refractivity contribution is -0.154. The molecule has 1 heterocycles. The predicted octanol–water partition coefficient (Wildman–Crippen LogP) is 1.72. The van der Waals surface area contributed by atoms with Crippen LogP contribution in [-0.4, -0.2) is 46.2 Å². The lowest BCUT2D eigenvalue weighted by atomic mass is 9.57. The Morgan fingerprint density at radius 2 is 1.79 bits per heavy atom. The summed E-state index contributed by atoms with van der Waals surface area (Å²) in [6.07, 6.45) is 2.19. The smallest absolute Gasteiger partial charge is 0.410 e. The molecule has 1 aliphatic heterocycles. The maximum atomic E-state index is 11.9. The lowest BCUT2D eigenvalue weighted by Crippen LogP contribution is -2.51. The molecule has 2 aliphatic rings. The van der Waals surface area contributed by atoms with E-state index in [0.29, 0.717) is 13.1 Å². The molecule has 110 valence electrons. The topological polar surface area (TPSA) is 70.0 Å². The van der Waals surface area contributed by atoms with Gasteiger partial charge in [-0.15, -0.1) is 0 Å². The fourth-order valence-electron chi connectivity index (χ4n) is 3.16. The number of rotatable bonds is 1. The normalized spacial score (nSPS) is 23.6. The van der Waals surface area contributed by atoms with Crippen LogP contribution in [0.1, 0.15) is 46.5 Å². The fourth-order valence-corrected chi connectivity index (χ4v) is 3.16. The minimum Gasteiger partial charge on any atom is -0.444 e. The van der Waals surface area contributed by atoms with Crippen molar-refractivity contribution in [3.63, 3.8) is 0 Å². The third kappa shape index (κ3) is 3.39. The van der Waals surface area contributed by atoms with Crippen molar-refractivity contribution in [2.75, 3.05) is 13.1 Å². The zero-order chi connectivity index (χ0) is 14.3. The molecule has 2 N–H and O–H groups in total. The van der Waals surface area contributed by atoms with Gasteiger partial charge in [0.25, 0.3) is 0 Å². The molecule has 0 unspecified atom stereocenters. The van der Waals surface area contributed by atoms with E-state index < -0.39 is 11.9 Å². The molecule has 19 heavy (non-hydrogen) atoms. The van der Waals surface area contributed by atoms with Gasteiger partial charge in [-0.1, -0.05) is 0 Å². The molecule has 2 fully saturated rings. The van der Waals surface area contributed by atoms with E-state index in [9.17, 15) is 4.79 Å². The number of nitrogens with zero attached hydrogens (tertiary/aromatic N) is 1. The molecule has 1 saturated heterocycles. The van der Waals surface area contributed by atoms with Crippen molar-refractivity contribution in [2.45, 2.75) is 58.3 Å². The molecule has 0 atom stereocenters. The highest BCUT2D eigenvalue weighted by Gasteiger charge is 2.48. The van der Waals surface area contributed by atoms with E-state index in [0.717, 1.165) is 25.7 Å². The van der Waals surface area contributed by atoms with E-state index in [1.54, 1.807) is 4.90 Å². The van der Waals surface area contributed by atoms with Crippen LogP contribution in [0.15, 0.2) is 0 Å². The molecule has 5 heteroatoms. The summed E-state index contributed by atoms with van der Waals surface area (Å²) in [5.74, 6) is 0.0214. The summed E-state index contributed by atoms with van der Waals surface area (Å²) in [6.45, 7) is 7.03. The Kier molecular flexibility index (Phi) is 3.80. The molecule has 1 saturated carbocycles. The molecular formula is C14H25NO4. The van der Waals surface area contributed by atoms with E-state index in [4.69, 9.17) is 14.9 Å². The Bertz CT molecular complexity index is 332. The number of aliphatic hydroxyl groups excluding tert-OH is 1. The average molecular weight is 271 g/mol. The summed E-state index contributed by atoms with van der Waals surface area (Å²) in [6, 6.07) is 0. The van der Waals surface area contributed by atoms with Crippen molar-refractivity contribution < 1.29 is 19.7 Å². The van der Waals surface area contributed by atoms with Crippen molar-refractivity contribution in [1.82, 2.24) is 4.90 Å². The van der Waals surface area contributed by atoms with E-state index in [2.05, 4.69) is 0 Å². The average Bonchev–Trinajstić information content (AvgIpc) is 2.23. The van der Waals surface area contributed by atoms with Crippen molar-refractivity contribution in [3.8, 4) is 0 Å². The number of likely N-dealkylation sites (tertiary alicyclic amines) is 1. The second-order valence-corrected chi connectivity index (χ2v) is 7.05. The second kappa shape index (κ2) is 4.94. The Hall–Kier alpha value is -0.810. The van der Waals surface area contributed by atoms with E-state index in [1.807, 2.05) is 20.8 Å². The third-order valence-corrected chi connectivity index (χ3v) is 4.29. The highest BCUT2D eigenvalue weighted by Crippen LogP contribution is 2.53. The van der Waals surface area contributed by atoms with Gasteiger partial charge in [-0.2, -0.15) is 0 Å². The summed E-state index contributed by atoms with van der Waals surface area (Å²) >= 11 is 0. The third-order valence-electron chi connectivity index (χ3n) is 4.29. The first-order chi connectivity index (χ1) is 8.71. The summed E-state index contributed by atoms with van der Waals surface area (Å²) in [4.78, 5) is 13.7. The number of hydrogen-bond donors (Lipinski definition) is 2. The van der Waals surface area contributed by atoms with Gasteiger partial charge in [0.1, 0.15) is 5.60 Å². The molecule has 1 spiro atoms. The summed E-state index contributed by atoms with van der Waals surface area (Å²) in [5.41, 5.74) is -0.221. The first kappa shape index (κ1) is 14.6. The molecule has 0 aromatic carbocycles. The lowest BCUT2D eigenvalue weighted by Gasteiger charge is -2.52. The van der Waals surface area contributed by atoms with Gasteiger partial charge in [0, 0.05) is 19.0 Å². The number of aliphatic hydroxyl groups is 2. The van der Waals surface area contributed by atoms with Crippen LogP contribution in [0.3, 0.4) is 0 Å². The van der Waals surface area contributed by atoms with Crippen LogP contribution in [0.25, 0.3) is 0 Å². The van der Waals surface area contributed by atoms with Gasteiger partial charge in [-0.25, -0.2) is 4.79 Å². The van der Waals surface area contributed by atoms with Gasteiger partial charge in [-0.05, 0) is 51.9 Å². The first-order valence-electron chi connectivity index (χ1n) is 7.05. The Balaban J connectivity index is 1.79. The largest absolute Gasteiger partial charge is 0.444 e. The van der Waals surface area contributed by atoms with Gasteiger partial charge < -0.3 is 19.8 Å². The number of hydrogen-bond acceptors (Lipinski definition) is 4. The minimum atomic E-state index is -1.19. The predicted molar refractivity (Wildman–Crippen MR) is 70.4 cm³/mol. The molecular weight excluding hydrogens is 246 g/mol. The van der Waals surface area contributed by atoms with Crippen molar-refractivity contribution in [1.29, 1.82) is 0 Å². The van der Waals surface area contributed by atoms with Crippen LogP contribution in [0.4, 0.5) is 4.79 Å². The van der Waals surface area contributed by atoms with Crippen molar-refractivity contribution >= 4 is 6.09 Å². The summed E-state index contributed by atoms with van der Waals surface area (Å²) in [5, 5.41) is 18.2. The SMILES string of the molecule is CC(C)(C)OC(=O)N1CCC2(CC1)CC(C(O)O)C2. The number of piperidine rings is 1. The van der Waals surface area contributed by atoms with Gasteiger partial charge >= 0.3 is 6.09 Å². The number of carbonyl (C=O) groups excluding carboxylic acids is 1. The van der Waals surface area contributed by atoms with Gasteiger partial charge in [0.05, 0.1) is 0 Å². The molecule has 0 bridgehead atoms. The van der Waals surface area contributed by atoms with Crippen LogP contribution < -0.4 is 0 Å². The zero-order valence-electron chi connectivity index (χ0n) is 12.1. The number of ether oxygens (including phenoxy) is 1. The van der Waals surface area contributed by atoms with Gasteiger partial charge in [0.2, 0.25) is 0 Å².